The number of hydrogen-bond acceptors (Lipinski definition) is 3. The van der Waals surface area contributed by atoms with Crippen molar-refractivity contribution in [3.8, 4) is 0 Å². The summed E-state index contributed by atoms with van der Waals surface area (Å²) in [6.45, 7) is 0. The molecule has 1 unspecified atom stereocenters. The van der Waals surface area contributed by atoms with E-state index in [1.807, 2.05) is 0 Å². The maximum atomic E-state index is 13.0. The van der Waals surface area contributed by atoms with Gasteiger partial charge in [-0.2, -0.15) is 13.2 Å². The molecule has 0 radical (unpaired) electrons. The number of carbonyl (C=O) groups excluding carboxylic acids is 1. The molecule has 1 aromatic rings. The standard InChI is InChI=1S/C17H20F3NO3S/c18-17(19,20)13-5-3-4-12(10-13)16(7-1-2-8-16)15(22)21-14-6-9-25(23,24)11-14/h3-5,10,14H,1-2,6-9,11H2,(H,21,22). The molecule has 1 amide bonds. The van der Waals surface area contributed by atoms with Crippen LogP contribution in [0.2, 0.25) is 0 Å². The lowest BCUT2D eigenvalue weighted by molar-refractivity contribution is -0.138. The quantitative estimate of drug-likeness (QED) is 0.884. The predicted octanol–water partition coefficient (Wildman–Crippen LogP) is 2.82. The van der Waals surface area contributed by atoms with E-state index in [2.05, 4.69) is 5.32 Å². The van der Waals surface area contributed by atoms with Crippen molar-refractivity contribution in [1.82, 2.24) is 5.32 Å². The van der Waals surface area contributed by atoms with Gasteiger partial charge in [-0.15, -0.1) is 0 Å². The van der Waals surface area contributed by atoms with Crippen LogP contribution in [0.4, 0.5) is 13.2 Å². The Kier molecular flexibility index (Phi) is 4.59. The molecule has 1 saturated carbocycles. The second-order valence-electron chi connectivity index (χ2n) is 6.94. The van der Waals surface area contributed by atoms with Crippen LogP contribution in [0.5, 0.6) is 0 Å². The van der Waals surface area contributed by atoms with Crippen molar-refractivity contribution < 1.29 is 26.4 Å². The van der Waals surface area contributed by atoms with Crippen LogP contribution in [-0.4, -0.2) is 31.9 Å². The van der Waals surface area contributed by atoms with Gasteiger partial charge in [0.25, 0.3) is 0 Å². The fourth-order valence-electron chi connectivity index (χ4n) is 3.85. The number of benzene rings is 1. The summed E-state index contributed by atoms with van der Waals surface area (Å²) < 4.78 is 62.2. The van der Waals surface area contributed by atoms with E-state index in [1.54, 1.807) is 6.07 Å². The molecule has 3 rings (SSSR count). The molecule has 1 aromatic carbocycles. The Hall–Kier alpha value is -1.57. The summed E-state index contributed by atoms with van der Waals surface area (Å²) >= 11 is 0. The third-order valence-corrected chi connectivity index (χ3v) is 6.97. The number of carbonyl (C=O) groups is 1. The lowest BCUT2D eigenvalue weighted by Gasteiger charge is -2.30. The van der Waals surface area contributed by atoms with Crippen molar-refractivity contribution in [2.75, 3.05) is 11.5 Å². The number of rotatable bonds is 3. The van der Waals surface area contributed by atoms with Gasteiger partial charge < -0.3 is 5.32 Å². The van der Waals surface area contributed by atoms with Crippen LogP contribution in [0, 0.1) is 0 Å². The van der Waals surface area contributed by atoms with E-state index in [1.165, 1.54) is 6.07 Å². The monoisotopic (exact) mass is 375 g/mol. The topological polar surface area (TPSA) is 63.2 Å². The van der Waals surface area contributed by atoms with E-state index in [0.717, 1.165) is 25.0 Å². The molecule has 1 saturated heterocycles. The van der Waals surface area contributed by atoms with Gasteiger partial charge in [0.1, 0.15) is 0 Å². The molecule has 1 N–H and O–H groups in total. The summed E-state index contributed by atoms with van der Waals surface area (Å²) in [6.07, 6.45) is -1.66. The van der Waals surface area contributed by atoms with Gasteiger partial charge in [-0.25, -0.2) is 8.42 Å². The maximum Gasteiger partial charge on any atom is 0.416 e. The van der Waals surface area contributed by atoms with E-state index in [0.29, 0.717) is 24.8 Å². The smallest absolute Gasteiger partial charge is 0.352 e. The first-order valence-corrected chi connectivity index (χ1v) is 10.1. The second kappa shape index (κ2) is 6.30. The van der Waals surface area contributed by atoms with Crippen LogP contribution >= 0.6 is 0 Å². The Morgan fingerprint density at radius 3 is 2.44 bits per heavy atom. The summed E-state index contributed by atoms with van der Waals surface area (Å²) in [6, 6.07) is 4.47. The molecule has 0 spiro atoms. The van der Waals surface area contributed by atoms with Gasteiger partial charge in [0.2, 0.25) is 5.91 Å². The highest BCUT2D eigenvalue weighted by molar-refractivity contribution is 7.91. The van der Waals surface area contributed by atoms with E-state index in [-0.39, 0.29) is 17.4 Å². The van der Waals surface area contributed by atoms with Gasteiger partial charge in [-0.05, 0) is 30.9 Å². The minimum atomic E-state index is -4.47. The maximum absolute atomic E-state index is 13.0. The van der Waals surface area contributed by atoms with Crippen LogP contribution < -0.4 is 5.32 Å². The summed E-state index contributed by atoms with van der Waals surface area (Å²) in [5, 5.41) is 2.77. The average molecular weight is 375 g/mol. The Labute approximate surface area is 144 Å². The van der Waals surface area contributed by atoms with Crippen LogP contribution in [0.3, 0.4) is 0 Å². The van der Waals surface area contributed by atoms with Crippen LogP contribution in [0.1, 0.15) is 43.2 Å². The van der Waals surface area contributed by atoms with Crippen molar-refractivity contribution in [1.29, 1.82) is 0 Å². The highest BCUT2D eigenvalue weighted by Crippen LogP contribution is 2.43. The third kappa shape index (κ3) is 3.68. The number of alkyl halides is 3. The fraction of sp³-hybridized carbons (Fsp3) is 0.588. The van der Waals surface area contributed by atoms with Crippen molar-refractivity contribution >= 4 is 15.7 Å². The first-order valence-electron chi connectivity index (χ1n) is 8.32. The van der Waals surface area contributed by atoms with E-state index < -0.39 is 33.0 Å². The highest BCUT2D eigenvalue weighted by Gasteiger charge is 2.45. The predicted molar refractivity (Wildman–Crippen MR) is 86.8 cm³/mol. The molecule has 0 bridgehead atoms. The lowest BCUT2D eigenvalue weighted by atomic mass is 9.77. The molecule has 2 fully saturated rings. The SMILES string of the molecule is O=C(NC1CCS(=O)(=O)C1)C1(c2cccc(C(F)(F)F)c2)CCCC1. The van der Waals surface area contributed by atoms with Gasteiger partial charge in [-0.1, -0.05) is 31.0 Å². The van der Waals surface area contributed by atoms with E-state index in [4.69, 9.17) is 0 Å². The molecule has 1 aliphatic heterocycles. The number of sulfone groups is 1. The Morgan fingerprint density at radius 1 is 1.20 bits per heavy atom. The van der Waals surface area contributed by atoms with Gasteiger partial charge in [0, 0.05) is 6.04 Å². The third-order valence-electron chi connectivity index (χ3n) is 5.20. The molecule has 2 aliphatic rings. The van der Waals surface area contributed by atoms with Gasteiger partial charge >= 0.3 is 6.18 Å². The lowest BCUT2D eigenvalue weighted by Crippen LogP contribution is -2.47. The minimum Gasteiger partial charge on any atom is -0.352 e. The van der Waals surface area contributed by atoms with Crippen molar-refractivity contribution in [2.24, 2.45) is 0 Å². The van der Waals surface area contributed by atoms with Crippen LogP contribution in [0.15, 0.2) is 24.3 Å². The molecule has 1 atom stereocenters. The number of nitrogens with one attached hydrogen (secondary N) is 1. The summed E-state index contributed by atoms with van der Waals surface area (Å²) in [4.78, 5) is 12.9. The van der Waals surface area contributed by atoms with Crippen molar-refractivity contribution in [3.63, 3.8) is 0 Å². The number of hydrogen-bond donors (Lipinski definition) is 1. The highest BCUT2D eigenvalue weighted by atomic mass is 32.2. The van der Waals surface area contributed by atoms with Crippen LogP contribution in [-0.2, 0) is 26.2 Å². The molecular weight excluding hydrogens is 355 g/mol. The van der Waals surface area contributed by atoms with Crippen LogP contribution in [0.25, 0.3) is 0 Å². The fourth-order valence-corrected chi connectivity index (χ4v) is 5.52. The van der Waals surface area contributed by atoms with Gasteiger partial charge in [-0.3, -0.25) is 4.79 Å². The minimum absolute atomic E-state index is 0.0362. The summed E-state index contributed by atoms with van der Waals surface area (Å²) in [5.74, 6) is -0.419. The van der Waals surface area contributed by atoms with Gasteiger partial charge in [0.05, 0.1) is 22.5 Å². The number of amides is 1. The van der Waals surface area contributed by atoms with Crippen molar-refractivity contribution in [2.45, 2.75) is 49.7 Å². The zero-order chi connectivity index (χ0) is 18.3. The average Bonchev–Trinajstić information content (AvgIpc) is 3.14. The second-order valence-corrected chi connectivity index (χ2v) is 9.17. The first-order chi connectivity index (χ1) is 11.6. The molecule has 25 heavy (non-hydrogen) atoms. The summed E-state index contributed by atoms with van der Waals surface area (Å²) in [7, 11) is -3.14. The largest absolute Gasteiger partial charge is 0.416 e. The van der Waals surface area contributed by atoms with E-state index >= 15 is 0 Å². The Balaban J connectivity index is 1.88. The summed E-state index contributed by atoms with van der Waals surface area (Å²) in [5.41, 5.74) is -1.42. The first kappa shape index (κ1) is 18.2. The molecular formula is C17H20F3NO3S. The molecule has 4 nitrogen and oxygen atoms in total. The zero-order valence-electron chi connectivity index (χ0n) is 13.6. The normalized spacial score (nSPS) is 25.0. The molecule has 1 aliphatic carbocycles. The Morgan fingerprint density at radius 2 is 1.88 bits per heavy atom. The van der Waals surface area contributed by atoms with Gasteiger partial charge in [0.15, 0.2) is 9.84 Å². The molecule has 8 heteroatoms. The molecule has 138 valence electrons. The Bertz CT molecular complexity index is 768. The molecule has 1 heterocycles. The van der Waals surface area contributed by atoms with Crippen molar-refractivity contribution in [3.05, 3.63) is 35.4 Å². The van der Waals surface area contributed by atoms with E-state index in [9.17, 15) is 26.4 Å². The zero-order valence-corrected chi connectivity index (χ0v) is 14.4. The molecule has 0 aromatic heterocycles. The number of halogens is 3.